The van der Waals surface area contributed by atoms with E-state index in [0.29, 0.717) is 6.54 Å². The first-order valence-electron chi connectivity index (χ1n) is 9.21. The number of pyridine rings is 1. The fourth-order valence-corrected chi connectivity index (χ4v) is 3.03. The second-order valence-corrected chi connectivity index (χ2v) is 6.63. The minimum absolute atomic E-state index is 0.118. The summed E-state index contributed by atoms with van der Waals surface area (Å²) in [4.78, 5) is 28.6. The lowest BCUT2D eigenvalue weighted by molar-refractivity contribution is 0.0949. The lowest BCUT2D eigenvalue weighted by Gasteiger charge is -2.13. The molecule has 0 saturated heterocycles. The number of benzene rings is 1. The highest BCUT2D eigenvalue weighted by molar-refractivity contribution is 6.05. The molecular weight excluding hydrogens is 364 g/mol. The standard InChI is InChI=1S/C21H21F2N3O2/c22-17-7-6-16(13-18(17)23)26-20(27)15-9-11-24-19(12-15)21(28)25-10-8-14-4-2-1-3-5-14/h4,6-7,9,11-13H,1-3,5,8,10H2,(H,25,28)(H,26,27). The number of allylic oxidation sites excluding steroid dienone is 1. The molecule has 0 spiro atoms. The first kappa shape index (κ1) is 19.7. The third-order valence-electron chi connectivity index (χ3n) is 4.55. The van der Waals surface area contributed by atoms with E-state index in [4.69, 9.17) is 0 Å². The van der Waals surface area contributed by atoms with E-state index in [9.17, 15) is 18.4 Å². The summed E-state index contributed by atoms with van der Waals surface area (Å²) in [6.45, 7) is 0.512. The van der Waals surface area contributed by atoms with E-state index in [2.05, 4.69) is 21.7 Å². The molecular formula is C21H21F2N3O2. The molecule has 1 aromatic carbocycles. The van der Waals surface area contributed by atoms with Crippen LogP contribution in [0.4, 0.5) is 14.5 Å². The smallest absolute Gasteiger partial charge is 0.269 e. The SMILES string of the molecule is O=C(Nc1ccc(F)c(F)c1)c1ccnc(C(=O)NCCC2=CCCCC2)c1. The molecule has 5 nitrogen and oxygen atoms in total. The summed E-state index contributed by atoms with van der Waals surface area (Å²) in [6, 6.07) is 5.88. The van der Waals surface area contributed by atoms with Crippen LogP contribution in [0.25, 0.3) is 0 Å². The molecule has 2 amide bonds. The van der Waals surface area contributed by atoms with Crippen LogP contribution in [0.1, 0.15) is 53.0 Å². The van der Waals surface area contributed by atoms with Gasteiger partial charge in [0.1, 0.15) is 5.69 Å². The van der Waals surface area contributed by atoms with Crippen molar-refractivity contribution in [1.29, 1.82) is 0 Å². The third-order valence-corrected chi connectivity index (χ3v) is 4.55. The molecule has 1 heterocycles. The Kier molecular flexibility index (Phi) is 6.47. The Labute approximate surface area is 161 Å². The lowest BCUT2D eigenvalue weighted by atomic mass is 9.97. The molecule has 0 saturated carbocycles. The second kappa shape index (κ2) is 9.21. The summed E-state index contributed by atoms with van der Waals surface area (Å²) >= 11 is 0. The molecule has 0 bridgehead atoms. The molecule has 2 N–H and O–H groups in total. The van der Waals surface area contributed by atoms with E-state index in [1.807, 2.05) is 0 Å². The number of nitrogens with one attached hydrogen (secondary N) is 2. The van der Waals surface area contributed by atoms with E-state index >= 15 is 0 Å². The highest BCUT2D eigenvalue weighted by Crippen LogP contribution is 2.19. The Morgan fingerprint density at radius 1 is 1.04 bits per heavy atom. The van der Waals surface area contributed by atoms with Crippen molar-refractivity contribution < 1.29 is 18.4 Å². The summed E-state index contributed by atoms with van der Waals surface area (Å²) in [5, 5.41) is 5.28. The third kappa shape index (κ3) is 5.22. The molecule has 2 aromatic rings. The van der Waals surface area contributed by atoms with Gasteiger partial charge in [-0.2, -0.15) is 0 Å². The zero-order valence-corrected chi connectivity index (χ0v) is 15.3. The maximum Gasteiger partial charge on any atom is 0.269 e. The first-order chi connectivity index (χ1) is 13.5. The van der Waals surface area contributed by atoms with Crippen LogP contribution in [-0.2, 0) is 0 Å². The molecule has 7 heteroatoms. The van der Waals surface area contributed by atoms with Gasteiger partial charge in [0.05, 0.1) is 0 Å². The van der Waals surface area contributed by atoms with Crippen molar-refractivity contribution in [3.05, 3.63) is 71.1 Å². The molecule has 28 heavy (non-hydrogen) atoms. The number of hydrogen-bond donors (Lipinski definition) is 2. The molecule has 3 rings (SSSR count). The van der Waals surface area contributed by atoms with E-state index in [0.717, 1.165) is 31.4 Å². The Hall–Kier alpha value is -3.09. The second-order valence-electron chi connectivity index (χ2n) is 6.63. The van der Waals surface area contributed by atoms with Crippen LogP contribution in [0.15, 0.2) is 48.2 Å². The van der Waals surface area contributed by atoms with E-state index < -0.39 is 17.5 Å². The van der Waals surface area contributed by atoms with Crippen LogP contribution in [0, 0.1) is 11.6 Å². The number of anilines is 1. The molecule has 0 atom stereocenters. The van der Waals surface area contributed by atoms with Crippen molar-refractivity contribution in [2.24, 2.45) is 0 Å². The van der Waals surface area contributed by atoms with Gasteiger partial charge >= 0.3 is 0 Å². The van der Waals surface area contributed by atoms with Gasteiger partial charge in [-0.1, -0.05) is 11.6 Å². The number of halogens is 2. The van der Waals surface area contributed by atoms with Crippen LogP contribution in [-0.4, -0.2) is 23.3 Å². The molecule has 0 radical (unpaired) electrons. The summed E-state index contributed by atoms with van der Waals surface area (Å²) in [5.41, 5.74) is 1.79. The van der Waals surface area contributed by atoms with Crippen molar-refractivity contribution in [1.82, 2.24) is 10.3 Å². The number of nitrogens with zero attached hydrogens (tertiary/aromatic N) is 1. The van der Waals surface area contributed by atoms with Crippen molar-refractivity contribution >= 4 is 17.5 Å². The van der Waals surface area contributed by atoms with Crippen LogP contribution in [0.2, 0.25) is 0 Å². The van der Waals surface area contributed by atoms with Gasteiger partial charge in [-0.3, -0.25) is 14.6 Å². The predicted molar refractivity (Wildman–Crippen MR) is 102 cm³/mol. The minimum atomic E-state index is -1.05. The Morgan fingerprint density at radius 2 is 1.89 bits per heavy atom. The maximum atomic E-state index is 13.3. The van der Waals surface area contributed by atoms with Crippen LogP contribution < -0.4 is 10.6 Å². The molecule has 1 aliphatic carbocycles. The largest absolute Gasteiger partial charge is 0.350 e. The van der Waals surface area contributed by atoms with Crippen LogP contribution in [0.3, 0.4) is 0 Å². The van der Waals surface area contributed by atoms with E-state index in [1.54, 1.807) is 0 Å². The van der Waals surface area contributed by atoms with Gasteiger partial charge in [0.15, 0.2) is 11.6 Å². The molecule has 0 unspecified atom stereocenters. The number of hydrogen-bond acceptors (Lipinski definition) is 3. The Balaban J connectivity index is 1.59. The molecule has 0 aliphatic heterocycles. The number of rotatable bonds is 6. The van der Waals surface area contributed by atoms with Gasteiger partial charge in [0, 0.05) is 30.1 Å². The van der Waals surface area contributed by atoms with Gasteiger partial charge in [0.2, 0.25) is 0 Å². The minimum Gasteiger partial charge on any atom is -0.350 e. The summed E-state index contributed by atoms with van der Waals surface area (Å²) in [7, 11) is 0. The summed E-state index contributed by atoms with van der Waals surface area (Å²) in [5.74, 6) is -2.96. The average molecular weight is 385 g/mol. The Bertz CT molecular complexity index is 912. The fourth-order valence-electron chi connectivity index (χ4n) is 3.03. The fraction of sp³-hybridized carbons (Fsp3) is 0.286. The van der Waals surface area contributed by atoms with Crippen LogP contribution in [0.5, 0.6) is 0 Å². The summed E-state index contributed by atoms with van der Waals surface area (Å²) < 4.78 is 26.2. The highest BCUT2D eigenvalue weighted by atomic mass is 19.2. The van der Waals surface area contributed by atoms with Gasteiger partial charge in [-0.05, 0) is 56.4 Å². The quantitative estimate of drug-likeness (QED) is 0.731. The normalized spacial score (nSPS) is 13.6. The number of aromatic nitrogens is 1. The average Bonchev–Trinajstić information content (AvgIpc) is 2.71. The molecule has 146 valence electrons. The molecule has 1 aliphatic rings. The van der Waals surface area contributed by atoms with Crippen molar-refractivity contribution in [2.45, 2.75) is 32.1 Å². The van der Waals surface area contributed by atoms with E-state index in [1.165, 1.54) is 42.8 Å². The lowest BCUT2D eigenvalue weighted by Crippen LogP contribution is -2.26. The zero-order valence-electron chi connectivity index (χ0n) is 15.3. The number of carbonyl (C=O) groups excluding carboxylic acids is 2. The zero-order chi connectivity index (χ0) is 19.9. The number of carbonyl (C=O) groups is 2. The topological polar surface area (TPSA) is 71.1 Å². The monoisotopic (exact) mass is 385 g/mol. The van der Waals surface area contributed by atoms with Crippen LogP contribution >= 0.6 is 0 Å². The first-order valence-corrected chi connectivity index (χ1v) is 9.21. The van der Waals surface area contributed by atoms with Crippen molar-refractivity contribution in [3.8, 4) is 0 Å². The molecule has 1 aromatic heterocycles. The van der Waals surface area contributed by atoms with Gasteiger partial charge in [-0.15, -0.1) is 0 Å². The molecule has 0 fully saturated rings. The van der Waals surface area contributed by atoms with Gasteiger partial charge in [0.25, 0.3) is 11.8 Å². The van der Waals surface area contributed by atoms with Gasteiger partial charge in [-0.25, -0.2) is 8.78 Å². The maximum absolute atomic E-state index is 13.3. The Morgan fingerprint density at radius 3 is 2.64 bits per heavy atom. The van der Waals surface area contributed by atoms with Crippen molar-refractivity contribution in [3.63, 3.8) is 0 Å². The van der Waals surface area contributed by atoms with Crippen molar-refractivity contribution in [2.75, 3.05) is 11.9 Å². The predicted octanol–water partition coefficient (Wildman–Crippen LogP) is 4.23. The summed E-state index contributed by atoms with van der Waals surface area (Å²) in [6.07, 6.45) is 8.99. The van der Waals surface area contributed by atoms with E-state index in [-0.39, 0.29) is 22.9 Å². The van der Waals surface area contributed by atoms with Gasteiger partial charge < -0.3 is 10.6 Å². The number of amides is 2. The highest BCUT2D eigenvalue weighted by Gasteiger charge is 2.13.